The molecule has 2 aromatic carbocycles. The van der Waals surface area contributed by atoms with Gasteiger partial charge in [0.25, 0.3) is 0 Å². The first-order chi connectivity index (χ1) is 11.6. The lowest BCUT2D eigenvalue weighted by Gasteiger charge is -2.16. The third-order valence-corrected chi connectivity index (χ3v) is 3.42. The Kier molecular flexibility index (Phi) is 6.42. The Morgan fingerprint density at radius 3 is 2.50 bits per heavy atom. The van der Waals surface area contributed by atoms with E-state index >= 15 is 0 Å². The number of methoxy groups -OCH3 is 1. The lowest BCUT2D eigenvalue weighted by atomic mass is 10.2. The van der Waals surface area contributed by atoms with Gasteiger partial charge in [-0.05, 0) is 30.7 Å². The number of aliphatic imine (C=N–C) groups is 1. The lowest BCUT2D eigenvalue weighted by Crippen LogP contribution is -2.27. The van der Waals surface area contributed by atoms with E-state index in [1.165, 1.54) is 6.07 Å². The zero-order chi connectivity index (χ0) is 17.4. The van der Waals surface area contributed by atoms with Crippen molar-refractivity contribution in [3.05, 3.63) is 54.3 Å². The van der Waals surface area contributed by atoms with Gasteiger partial charge in [0.15, 0.2) is 17.5 Å². The largest absolute Gasteiger partial charge is 0.495 e. The summed E-state index contributed by atoms with van der Waals surface area (Å²) in [5, 5.41) is 2.99. The van der Waals surface area contributed by atoms with Crippen LogP contribution in [0.25, 0.3) is 0 Å². The van der Waals surface area contributed by atoms with E-state index in [-0.39, 0.29) is 23.6 Å². The first kappa shape index (κ1) is 17.6. The minimum Gasteiger partial charge on any atom is -0.495 e. The average Bonchev–Trinajstić information content (AvgIpc) is 2.60. The SMILES string of the molecule is CCC(CN=C(N)Nc1ccccc1OC)Oc1ccccc1F. The summed E-state index contributed by atoms with van der Waals surface area (Å²) in [5.74, 6) is 0.747. The minimum absolute atomic E-state index is 0.218. The highest BCUT2D eigenvalue weighted by Crippen LogP contribution is 2.22. The number of guanidine groups is 1. The third kappa shape index (κ3) is 4.87. The standard InChI is InChI=1S/C18H22FN3O2/c1-3-13(24-16-10-6-4-8-14(16)19)12-21-18(20)22-15-9-5-7-11-17(15)23-2/h4-11,13H,3,12H2,1-2H3,(H3,20,21,22). The van der Waals surface area contributed by atoms with Gasteiger partial charge in [-0.15, -0.1) is 0 Å². The molecule has 0 aromatic heterocycles. The number of para-hydroxylation sites is 3. The van der Waals surface area contributed by atoms with Gasteiger partial charge < -0.3 is 20.5 Å². The van der Waals surface area contributed by atoms with Crippen molar-refractivity contribution < 1.29 is 13.9 Å². The summed E-state index contributed by atoms with van der Waals surface area (Å²) in [6, 6.07) is 13.7. The van der Waals surface area contributed by atoms with Crippen molar-refractivity contribution in [3.8, 4) is 11.5 Å². The molecular weight excluding hydrogens is 309 g/mol. The van der Waals surface area contributed by atoms with Crippen LogP contribution in [0.5, 0.6) is 11.5 Å². The van der Waals surface area contributed by atoms with Crippen LogP contribution in [0.15, 0.2) is 53.5 Å². The summed E-state index contributed by atoms with van der Waals surface area (Å²) in [5.41, 5.74) is 6.64. The van der Waals surface area contributed by atoms with E-state index in [1.807, 2.05) is 31.2 Å². The van der Waals surface area contributed by atoms with E-state index < -0.39 is 0 Å². The second kappa shape index (κ2) is 8.76. The van der Waals surface area contributed by atoms with Gasteiger partial charge in [0.1, 0.15) is 11.9 Å². The summed E-state index contributed by atoms with van der Waals surface area (Å²) in [7, 11) is 1.59. The van der Waals surface area contributed by atoms with Crippen molar-refractivity contribution in [1.29, 1.82) is 0 Å². The van der Waals surface area contributed by atoms with Gasteiger partial charge in [-0.1, -0.05) is 31.2 Å². The Morgan fingerprint density at radius 2 is 1.83 bits per heavy atom. The number of halogens is 1. The number of ether oxygens (including phenoxy) is 2. The van der Waals surface area contributed by atoms with Crippen LogP contribution in [-0.2, 0) is 0 Å². The smallest absolute Gasteiger partial charge is 0.193 e. The molecule has 1 atom stereocenters. The van der Waals surface area contributed by atoms with Gasteiger partial charge in [0, 0.05) is 0 Å². The van der Waals surface area contributed by atoms with Crippen LogP contribution in [-0.4, -0.2) is 25.7 Å². The van der Waals surface area contributed by atoms with E-state index in [0.29, 0.717) is 18.7 Å². The summed E-state index contributed by atoms with van der Waals surface area (Å²) < 4.78 is 24.5. The molecule has 3 N–H and O–H groups in total. The maximum absolute atomic E-state index is 13.6. The van der Waals surface area contributed by atoms with Crippen LogP contribution in [0.4, 0.5) is 10.1 Å². The molecule has 6 heteroatoms. The molecule has 5 nitrogen and oxygen atoms in total. The number of nitrogens with zero attached hydrogens (tertiary/aromatic N) is 1. The van der Waals surface area contributed by atoms with E-state index in [4.69, 9.17) is 15.2 Å². The molecule has 0 fully saturated rings. The first-order valence-electron chi connectivity index (χ1n) is 7.75. The van der Waals surface area contributed by atoms with Gasteiger partial charge in [0.2, 0.25) is 0 Å². The molecule has 0 aliphatic rings. The van der Waals surface area contributed by atoms with E-state index in [2.05, 4.69) is 10.3 Å². The lowest BCUT2D eigenvalue weighted by molar-refractivity contribution is 0.197. The zero-order valence-corrected chi connectivity index (χ0v) is 13.8. The maximum Gasteiger partial charge on any atom is 0.193 e. The van der Waals surface area contributed by atoms with Crippen LogP contribution in [0.1, 0.15) is 13.3 Å². The predicted octanol–water partition coefficient (Wildman–Crippen LogP) is 3.42. The zero-order valence-electron chi connectivity index (χ0n) is 13.8. The number of nitrogens with two attached hydrogens (primary N) is 1. The van der Waals surface area contributed by atoms with Crippen molar-refractivity contribution >= 4 is 11.6 Å². The quantitative estimate of drug-likeness (QED) is 0.602. The molecule has 0 bridgehead atoms. The Labute approximate surface area is 141 Å². The second-order valence-corrected chi connectivity index (χ2v) is 5.13. The molecule has 0 heterocycles. The fraction of sp³-hybridized carbons (Fsp3) is 0.278. The molecule has 2 aromatic rings. The number of rotatable bonds is 7. The summed E-state index contributed by atoms with van der Waals surface area (Å²) in [6.07, 6.45) is 0.416. The highest BCUT2D eigenvalue weighted by molar-refractivity contribution is 5.93. The van der Waals surface area contributed by atoms with Crippen LogP contribution in [0.3, 0.4) is 0 Å². The monoisotopic (exact) mass is 331 g/mol. The van der Waals surface area contributed by atoms with Crippen LogP contribution >= 0.6 is 0 Å². The Hall–Kier alpha value is -2.76. The topological polar surface area (TPSA) is 68.9 Å². The molecule has 1 unspecified atom stereocenters. The van der Waals surface area contributed by atoms with Crippen molar-refractivity contribution in [2.45, 2.75) is 19.4 Å². The number of anilines is 1. The average molecular weight is 331 g/mol. The Balaban J connectivity index is 1.98. The van der Waals surface area contributed by atoms with E-state index in [0.717, 1.165) is 5.69 Å². The molecule has 0 aliphatic heterocycles. The molecule has 0 saturated carbocycles. The fourth-order valence-corrected chi connectivity index (χ4v) is 2.10. The molecule has 2 rings (SSSR count). The molecule has 0 amide bonds. The molecule has 24 heavy (non-hydrogen) atoms. The molecule has 128 valence electrons. The summed E-state index contributed by atoms with van der Waals surface area (Å²) in [4.78, 5) is 4.27. The third-order valence-electron chi connectivity index (χ3n) is 3.42. The molecule has 0 spiro atoms. The Morgan fingerprint density at radius 1 is 1.17 bits per heavy atom. The molecule has 0 saturated heterocycles. The van der Waals surface area contributed by atoms with Gasteiger partial charge in [0.05, 0.1) is 19.3 Å². The van der Waals surface area contributed by atoms with Gasteiger partial charge in [-0.2, -0.15) is 0 Å². The molecular formula is C18H22FN3O2. The first-order valence-corrected chi connectivity index (χ1v) is 7.75. The number of benzene rings is 2. The number of hydrogen-bond donors (Lipinski definition) is 2. The normalized spacial score (nSPS) is 12.5. The minimum atomic E-state index is -0.389. The van der Waals surface area contributed by atoms with Gasteiger partial charge in [-0.3, -0.25) is 0 Å². The number of nitrogens with one attached hydrogen (secondary N) is 1. The van der Waals surface area contributed by atoms with Gasteiger partial charge in [-0.25, -0.2) is 9.38 Å². The van der Waals surface area contributed by atoms with Crippen molar-refractivity contribution in [2.75, 3.05) is 19.0 Å². The van der Waals surface area contributed by atoms with E-state index in [1.54, 1.807) is 25.3 Å². The van der Waals surface area contributed by atoms with Crippen molar-refractivity contribution in [1.82, 2.24) is 0 Å². The second-order valence-electron chi connectivity index (χ2n) is 5.13. The highest BCUT2D eigenvalue weighted by atomic mass is 19.1. The van der Waals surface area contributed by atoms with Crippen LogP contribution < -0.4 is 20.5 Å². The predicted molar refractivity (Wildman–Crippen MR) is 94.2 cm³/mol. The van der Waals surface area contributed by atoms with Crippen LogP contribution in [0, 0.1) is 5.82 Å². The Bertz CT molecular complexity index is 691. The number of hydrogen-bond acceptors (Lipinski definition) is 3. The maximum atomic E-state index is 13.6. The summed E-state index contributed by atoms with van der Waals surface area (Å²) >= 11 is 0. The molecule has 0 aliphatic carbocycles. The van der Waals surface area contributed by atoms with E-state index in [9.17, 15) is 4.39 Å². The van der Waals surface area contributed by atoms with Crippen molar-refractivity contribution in [2.24, 2.45) is 10.7 Å². The molecule has 0 radical (unpaired) electrons. The van der Waals surface area contributed by atoms with Crippen molar-refractivity contribution in [3.63, 3.8) is 0 Å². The highest BCUT2D eigenvalue weighted by Gasteiger charge is 2.11. The summed E-state index contributed by atoms with van der Waals surface area (Å²) in [6.45, 7) is 2.27. The van der Waals surface area contributed by atoms with Gasteiger partial charge >= 0.3 is 0 Å². The fourth-order valence-electron chi connectivity index (χ4n) is 2.10. The van der Waals surface area contributed by atoms with Crippen LogP contribution in [0.2, 0.25) is 0 Å².